The Kier molecular flexibility index (Phi) is 3.09. The largest absolute Gasteiger partial charge is 0.341 e. The Bertz CT molecular complexity index is 686. The van der Waals surface area contributed by atoms with Crippen LogP contribution in [-0.2, 0) is 7.05 Å². The Morgan fingerprint density at radius 2 is 1.89 bits per heavy atom. The van der Waals surface area contributed by atoms with Crippen LogP contribution in [0.2, 0.25) is 0 Å². The Hall–Kier alpha value is -2.63. The molecule has 0 radical (unpaired) electrons. The third kappa shape index (κ3) is 2.08. The zero-order valence-corrected chi connectivity index (χ0v) is 9.64. The second-order valence-electron chi connectivity index (χ2n) is 3.69. The zero-order valence-electron chi connectivity index (χ0n) is 9.64. The first-order valence-electron chi connectivity index (χ1n) is 5.24. The van der Waals surface area contributed by atoms with E-state index in [0.717, 1.165) is 4.57 Å². The lowest BCUT2D eigenvalue weighted by molar-refractivity contribution is 0.112. The molecule has 0 atom stereocenters. The van der Waals surface area contributed by atoms with E-state index < -0.39 is 11.2 Å². The number of H-pyrrole nitrogens is 1. The van der Waals surface area contributed by atoms with Gasteiger partial charge in [0.15, 0.2) is 6.29 Å². The van der Waals surface area contributed by atoms with Crippen molar-refractivity contribution in [3.8, 4) is 0 Å². The van der Waals surface area contributed by atoms with Crippen LogP contribution in [0.15, 0.2) is 39.9 Å². The van der Waals surface area contributed by atoms with Gasteiger partial charge in [-0.15, -0.1) is 0 Å². The Morgan fingerprint density at radius 3 is 2.50 bits per heavy atom. The molecular weight excluding hydrogens is 234 g/mol. The van der Waals surface area contributed by atoms with E-state index >= 15 is 0 Å². The Balaban J connectivity index is 2.55. The summed E-state index contributed by atoms with van der Waals surface area (Å²) in [6.07, 6.45) is 0.420. The van der Waals surface area contributed by atoms with E-state index in [4.69, 9.17) is 0 Å². The van der Waals surface area contributed by atoms with Gasteiger partial charge >= 0.3 is 5.69 Å². The minimum absolute atomic E-state index is 0.101. The van der Waals surface area contributed by atoms with Crippen molar-refractivity contribution in [3.05, 3.63) is 56.7 Å². The number of hydrogen-bond donors (Lipinski definition) is 2. The van der Waals surface area contributed by atoms with Crippen LogP contribution >= 0.6 is 0 Å². The maximum atomic E-state index is 11.7. The SMILES string of the molecule is Cn1c(=O)[nH]c(Nc2ccccc2)c(C=O)c1=O. The average Bonchev–Trinajstić information content (AvgIpc) is 2.38. The molecule has 1 heterocycles. The van der Waals surface area contributed by atoms with E-state index in [9.17, 15) is 14.4 Å². The number of benzene rings is 1. The van der Waals surface area contributed by atoms with E-state index in [1.165, 1.54) is 7.05 Å². The predicted molar refractivity (Wildman–Crippen MR) is 67.4 cm³/mol. The summed E-state index contributed by atoms with van der Waals surface area (Å²) in [5.74, 6) is 0.101. The molecule has 2 N–H and O–H groups in total. The molecule has 92 valence electrons. The zero-order chi connectivity index (χ0) is 13.1. The molecule has 1 aromatic heterocycles. The van der Waals surface area contributed by atoms with Crippen molar-refractivity contribution < 1.29 is 4.79 Å². The second-order valence-corrected chi connectivity index (χ2v) is 3.69. The normalized spacial score (nSPS) is 10.1. The molecule has 0 saturated heterocycles. The molecule has 0 fully saturated rings. The number of aromatic nitrogens is 2. The highest BCUT2D eigenvalue weighted by Gasteiger charge is 2.11. The molecule has 2 rings (SSSR count). The average molecular weight is 245 g/mol. The maximum Gasteiger partial charge on any atom is 0.329 e. The number of aromatic amines is 1. The fraction of sp³-hybridized carbons (Fsp3) is 0.0833. The fourth-order valence-corrected chi connectivity index (χ4v) is 1.51. The van der Waals surface area contributed by atoms with Gasteiger partial charge in [0.05, 0.1) is 0 Å². The molecule has 0 aliphatic rings. The third-order valence-electron chi connectivity index (χ3n) is 2.50. The van der Waals surface area contributed by atoms with Crippen molar-refractivity contribution in [2.45, 2.75) is 0 Å². The molecule has 0 amide bonds. The first-order valence-corrected chi connectivity index (χ1v) is 5.24. The fourth-order valence-electron chi connectivity index (χ4n) is 1.51. The van der Waals surface area contributed by atoms with E-state index in [2.05, 4.69) is 10.3 Å². The molecule has 1 aromatic carbocycles. The van der Waals surface area contributed by atoms with Crippen LogP contribution < -0.4 is 16.6 Å². The lowest BCUT2D eigenvalue weighted by atomic mass is 10.3. The van der Waals surface area contributed by atoms with Gasteiger partial charge in [0.25, 0.3) is 5.56 Å². The minimum Gasteiger partial charge on any atom is -0.341 e. The highest BCUT2D eigenvalue weighted by atomic mass is 16.2. The lowest BCUT2D eigenvalue weighted by Crippen LogP contribution is -2.35. The molecule has 0 spiro atoms. The van der Waals surface area contributed by atoms with E-state index in [-0.39, 0.29) is 11.4 Å². The number of nitrogens with one attached hydrogen (secondary N) is 2. The third-order valence-corrected chi connectivity index (χ3v) is 2.50. The van der Waals surface area contributed by atoms with Crippen LogP contribution in [0.4, 0.5) is 11.5 Å². The van der Waals surface area contributed by atoms with Crippen molar-refractivity contribution in [2.75, 3.05) is 5.32 Å². The molecule has 0 aliphatic heterocycles. The number of anilines is 2. The number of hydrogen-bond acceptors (Lipinski definition) is 4. The van der Waals surface area contributed by atoms with Gasteiger partial charge in [-0.1, -0.05) is 18.2 Å². The van der Waals surface area contributed by atoms with Gasteiger partial charge < -0.3 is 5.32 Å². The van der Waals surface area contributed by atoms with Gasteiger partial charge in [0, 0.05) is 12.7 Å². The molecule has 6 heteroatoms. The Morgan fingerprint density at radius 1 is 1.22 bits per heavy atom. The topological polar surface area (TPSA) is 84.0 Å². The van der Waals surface area contributed by atoms with Crippen molar-refractivity contribution in [1.82, 2.24) is 9.55 Å². The summed E-state index contributed by atoms with van der Waals surface area (Å²) < 4.78 is 0.847. The molecule has 0 aliphatic carbocycles. The molecule has 0 unspecified atom stereocenters. The van der Waals surface area contributed by atoms with Gasteiger partial charge in [-0.05, 0) is 12.1 Å². The quantitative estimate of drug-likeness (QED) is 0.777. The smallest absolute Gasteiger partial charge is 0.329 e. The van der Waals surface area contributed by atoms with Crippen LogP contribution in [0.3, 0.4) is 0 Å². The molecule has 0 saturated carbocycles. The van der Waals surface area contributed by atoms with Crippen molar-refractivity contribution in [2.24, 2.45) is 7.05 Å². The number of carbonyl (C=O) groups is 1. The predicted octanol–water partition coefficient (Wildman–Crippen LogP) is 0.630. The van der Waals surface area contributed by atoms with Crippen LogP contribution in [0.25, 0.3) is 0 Å². The summed E-state index contributed by atoms with van der Waals surface area (Å²) in [6.45, 7) is 0. The highest BCUT2D eigenvalue weighted by molar-refractivity contribution is 5.83. The van der Waals surface area contributed by atoms with Crippen LogP contribution in [0.1, 0.15) is 10.4 Å². The van der Waals surface area contributed by atoms with Crippen LogP contribution in [0.5, 0.6) is 0 Å². The standard InChI is InChI=1S/C12H11N3O3/c1-15-11(17)9(7-16)10(14-12(15)18)13-8-5-3-2-4-6-8/h2-7,13H,1H3,(H,14,18). The van der Waals surface area contributed by atoms with Gasteiger partial charge in [-0.3, -0.25) is 19.1 Å². The number of carbonyl (C=O) groups excluding carboxylic acids is 1. The van der Waals surface area contributed by atoms with Crippen LogP contribution in [-0.4, -0.2) is 15.8 Å². The van der Waals surface area contributed by atoms with Crippen molar-refractivity contribution >= 4 is 17.8 Å². The number of para-hydroxylation sites is 1. The molecule has 6 nitrogen and oxygen atoms in total. The van der Waals surface area contributed by atoms with Gasteiger partial charge in [-0.2, -0.15) is 0 Å². The number of nitrogens with zero attached hydrogens (tertiary/aromatic N) is 1. The van der Waals surface area contributed by atoms with Crippen molar-refractivity contribution in [3.63, 3.8) is 0 Å². The molecule has 0 bridgehead atoms. The lowest BCUT2D eigenvalue weighted by Gasteiger charge is -2.08. The van der Waals surface area contributed by atoms with Crippen LogP contribution in [0, 0.1) is 0 Å². The summed E-state index contributed by atoms with van der Waals surface area (Å²) in [7, 11) is 1.31. The van der Waals surface area contributed by atoms with E-state index in [0.29, 0.717) is 12.0 Å². The van der Waals surface area contributed by atoms with E-state index in [1.54, 1.807) is 24.3 Å². The maximum absolute atomic E-state index is 11.7. The summed E-state index contributed by atoms with van der Waals surface area (Å²) in [5.41, 5.74) is -0.651. The molecule has 2 aromatic rings. The summed E-state index contributed by atoms with van der Waals surface area (Å²) >= 11 is 0. The molecule has 18 heavy (non-hydrogen) atoms. The summed E-state index contributed by atoms with van der Waals surface area (Å²) in [6, 6.07) is 8.93. The number of rotatable bonds is 3. The monoisotopic (exact) mass is 245 g/mol. The summed E-state index contributed by atoms with van der Waals surface area (Å²) in [5, 5.41) is 2.83. The molecular formula is C12H11N3O3. The highest BCUT2D eigenvalue weighted by Crippen LogP contribution is 2.13. The first kappa shape index (κ1) is 11.8. The van der Waals surface area contributed by atoms with E-state index in [1.807, 2.05) is 6.07 Å². The van der Waals surface area contributed by atoms with Gasteiger partial charge in [0.2, 0.25) is 0 Å². The second kappa shape index (κ2) is 4.70. The Labute approximate surface area is 102 Å². The van der Waals surface area contributed by atoms with Gasteiger partial charge in [-0.25, -0.2) is 4.79 Å². The first-order chi connectivity index (χ1) is 8.63. The summed E-state index contributed by atoms with van der Waals surface area (Å²) in [4.78, 5) is 36.5. The van der Waals surface area contributed by atoms with Crippen molar-refractivity contribution in [1.29, 1.82) is 0 Å². The number of aldehydes is 1. The minimum atomic E-state index is -0.632. The van der Waals surface area contributed by atoms with Gasteiger partial charge in [0.1, 0.15) is 11.4 Å².